The van der Waals surface area contributed by atoms with Crippen LogP contribution < -0.4 is 16.8 Å². The van der Waals surface area contributed by atoms with Gasteiger partial charge in [-0.1, -0.05) is 23.5 Å². The number of amides is 3. The fourth-order valence-corrected chi connectivity index (χ4v) is 4.52. The summed E-state index contributed by atoms with van der Waals surface area (Å²) in [4.78, 5) is 49.0. The molecule has 0 atom stereocenters. The van der Waals surface area contributed by atoms with Crippen molar-refractivity contribution >= 4 is 46.0 Å². The van der Waals surface area contributed by atoms with Crippen LogP contribution in [0, 0.1) is 0 Å². The number of nitrogens with two attached hydrogens (primary N) is 2. The van der Waals surface area contributed by atoms with Crippen molar-refractivity contribution in [1.82, 2.24) is 14.8 Å². The van der Waals surface area contributed by atoms with Crippen LogP contribution in [0.1, 0.15) is 34.8 Å². The summed E-state index contributed by atoms with van der Waals surface area (Å²) >= 11 is 1.16. The zero-order chi connectivity index (χ0) is 24.7. The summed E-state index contributed by atoms with van der Waals surface area (Å²) in [7, 11) is 0. The molecule has 0 radical (unpaired) electrons. The molecule has 1 aliphatic rings. The molecule has 1 aliphatic heterocycles. The van der Waals surface area contributed by atoms with Crippen LogP contribution in [0.25, 0.3) is 0 Å². The van der Waals surface area contributed by atoms with Crippen molar-refractivity contribution in [2.24, 2.45) is 16.5 Å². The Morgan fingerprint density at radius 3 is 2.32 bits per heavy atom. The van der Waals surface area contributed by atoms with Crippen LogP contribution in [-0.2, 0) is 22.4 Å². The Morgan fingerprint density at radius 2 is 1.74 bits per heavy atom. The van der Waals surface area contributed by atoms with Gasteiger partial charge in [0.1, 0.15) is 4.88 Å². The summed E-state index contributed by atoms with van der Waals surface area (Å²) in [5.41, 5.74) is 13.1. The minimum Gasteiger partial charge on any atom is -0.450 e. The van der Waals surface area contributed by atoms with Gasteiger partial charge in [-0.25, -0.2) is 14.8 Å². The van der Waals surface area contributed by atoms with Gasteiger partial charge in [0.25, 0.3) is 5.91 Å². The highest BCUT2D eigenvalue weighted by molar-refractivity contribution is 7.17. The average Bonchev–Trinajstić information content (AvgIpc) is 3.20. The number of piperazine rings is 1. The number of aliphatic imine (C=N–C) groups is 1. The molecule has 34 heavy (non-hydrogen) atoms. The van der Waals surface area contributed by atoms with Crippen LogP contribution in [0.4, 0.5) is 15.6 Å². The van der Waals surface area contributed by atoms with Crippen LogP contribution in [-0.4, -0.2) is 71.4 Å². The lowest BCUT2D eigenvalue weighted by atomic mass is 10.1. The molecule has 1 aromatic heterocycles. The number of benzene rings is 1. The summed E-state index contributed by atoms with van der Waals surface area (Å²) in [5, 5.41) is 3.06. The van der Waals surface area contributed by atoms with Gasteiger partial charge in [-0.3, -0.25) is 9.59 Å². The third-order valence-electron chi connectivity index (χ3n) is 5.11. The first kappa shape index (κ1) is 25.0. The van der Waals surface area contributed by atoms with Gasteiger partial charge >= 0.3 is 6.09 Å². The Labute approximate surface area is 201 Å². The predicted molar refractivity (Wildman–Crippen MR) is 130 cm³/mol. The van der Waals surface area contributed by atoms with E-state index in [0.717, 1.165) is 16.9 Å². The Morgan fingerprint density at radius 1 is 1.09 bits per heavy atom. The second kappa shape index (κ2) is 11.5. The molecule has 5 N–H and O–H groups in total. The van der Waals surface area contributed by atoms with E-state index in [2.05, 4.69) is 15.3 Å². The summed E-state index contributed by atoms with van der Waals surface area (Å²) in [5.74, 6) is -0.416. The number of anilines is 1. The minimum absolute atomic E-state index is 0.00744. The third kappa shape index (κ3) is 6.67. The molecule has 12 heteroatoms. The molecule has 2 heterocycles. The first-order valence-corrected chi connectivity index (χ1v) is 11.7. The van der Waals surface area contributed by atoms with Gasteiger partial charge in [-0.15, -0.1) is 0 Å². The van der Waals surface area contributed by atoms with Gasteiger partial charge in [0.2, 0.25) is 5.91 Å². The molecule has 3 rings (SSSR count). The Kier molecular flexibility index (Phi) is 8.41. The molecular weight excluding hydrogens is 458 g/mol. The van der Waals surface area contributed by atoms with Crippen LogP contribution in [0.15, 0.2) is 29.3 Å². The van der Waals surface area contributed by atoms with Crippen LogP contribution in [0.5, 0.6) is 0 Å². The molecule has 0 aliphatic carbocycles. The molecule has 11 nitrogen and oxygen atoms in total. The quantitative estimate of drug-likeness (QED) is 0.396. The lowest BCUT2D eigenvalue weighted by molar-refractivity contribution is -0.114. The van der Waals surface area contributed by atoms with Crippen LogP contribution in [0.2, 0.25) is 0 Å². The fourth-order valence-electron chi connectivity index (χ4n) is 3.49. The Bertz CT molecular complexity index is 1060. The SMILES string of the molecule is CCOC(=O)N1CCN(C(=O)c2sc(NC(C)=O)nc2CCc2ccc(N=C(N)N)cc2)CC1. The normalized spacial score (nSPS) is 13.4. The Hall–Kier alpha value is -3.67. The summed E-state index contributed by atoms with van der Waals surface area (Å²) < 4.78 is 5.04. The number of thiazole rings is 1. The third-order valence-corrected chi connectivity index (χ3v) is 6.11. The summed E-state index contributed by atoms with van der Waals surface area (Å²) in [6, 6.07) is 7.46. The van der Waals surface area contributed by atoms with Crippen molar-refractivity contribution < 1.29 is 19.1 Å². The first-order chi connectivity index (χ1) is 16.3. The van der Waals surface area contributed by atoms with Gasteiger partial charge in [0.15, 0.2) is 11.1 Å². The second-order valence-corrected chi connectivity index (χ2v) is 8.66. The largest absolute Gasteiger partial charge is 0.450 e. The number of aromatic nitrogens is 1. The highest BCUT2D eigenvalue weighted by atomic mass is 32.1. The number of hydrogen-bond acceptors (Lipinski definition) is 7. The van der Waals surface area contributed by atoms with Crippen molar-refractivity contribution in [1.29, 1.82) is 0 Å². The van der Waals surface area contributed by atoms with E-state index in [0.29, 0.717) is 67.0 Å². The molecule has 0 spiro atoms. The molecule has 0 bridgehead atoms. The summed E-state index contributed by atoms with van der Waals surface area (Å²) in [6.45, 7) is 5.07. The molecule has 1 saturated heterocycles. The first-order valence-electron chi connectivity index (χ1n) is 10.9. The number of guanidine groups is 1. The molecule has 1 fully saturated rings. The number of nitrogens with zero attached hydrogens (tertiary/aromatic N) is 4. The number of ether oxygens (including phenoxy) is 1. The number of rotatable bonds is 7. The lowest BCUT2D eigenvalue weighted by Gasteiger charge is -2.33. The molecule has 3 amide bonds. The van der Waals surface area contributed by atoms with E-state index < -0.39 is 0 Å². The van der Waals surface area contributed by atoms with Gasteiger partial charge in [0, 0.05) is 33.1 Å². The monoisotopic (exact) mass is 487 g/mol. The minimum atomic E-state index is -0.369. The standard InChI is InChI=1S/C22H29N7O4S/c1-3-33-22(32)29-12-10-28(11-13-29)19(31)18-17(27-21(34-18)25-14(2)30)9-6-15-4-7-16(8-5-15)26-20(23)24/h4-5,7-8H,3,6,9-13H2,1-2H3,(H4,23,24,26)(H,25,27,30). The van der Waals surface area contributed by atoms with E-state index in [9.17, 15) is 14.4 Å². The highest BCUT2D eigenvalue weighted by Gasteiger charge is 2.28. The highest BCUT2D eigenvalue weighted by Crippen LogP contribution is 2.27. The van der Waals surface area contributed by atoms with Crippen molar-refractivity contribution in [2.75, 3.05) is 38.1 Å². The second-order valence-electron chi connectivity index (χ2n) is 7.66. The van der Waals surface area contributed by atoms with E-state index in [4.69, 9.17) is 16.2 Å². The average molecular weight is 488 g/mol. The maximum absolute atomic E-state index is 13.3. The topological polar surface area (TPSA) is 156 Å². The van der Waals surface area contributed by atoms with Crippen molar-refractivity contribution in [3.05, 3.63) is 40.4 Å². The number of carbonyl (C=O) groups excluding carboxylic acids is 3. The molecular formula is C22H29N7O4S. The Balaban J connectivity index is 1.71. The molecule has 182 valence electrons. The number of carbonyl (C=O) groups is 3. The van der Waals surface area contributed by atoms with Gasteiger partial charge in [-0.2, -0.15) is 0 Å². The van der Waals surface area contributed by atoms with E-state index in [1.807, 2.05) is 24.3 Å². The predicted octanol–water partition coefficient (Wildman–Crippen LogP) is 1.71. The van der Waals surface area contributed by atoms with E-state index >= 15 is 0 Å². The van der Waals surface area contributed by atoms with Gasteiger partial charge < -0.3 is 31.3 Å². The number of nitrogens with one attached hydrogen (secondary N) is 1. The van der Waals surface area contributed by atoms with E-state index in [-0.39, 0.29) is 23.9 Å². The van der Waals surface area contributed by atoms with E-state index in [1.165, 1.54) is 6.92 Å². The zero-order valence-electron chi connectivity index (χ0n) is 19.2. The molecule has 0 saturated carbocycles. The van der Waals surface area contributed by atoms with Gasteiger partial charge in [-0.05, 0) is 37.5 Å². The molecule has 1 aromatic carbocycles. The van der Waals surface area contributed by atoms with Crippen molar-refractivity contribution in [2.45, 2.75) is 26.7 Å². The summed E-state index contributed by atoms with van der Waals surface area (Å²) in [6.07, 6.45) is 0.788. The zero-order valence-corrected chi connectivity index (χ0v) is 20.1. The van der Waals surface area contributed by atoms with Crippen molar-refractivity contribution in [3.63, 3.8) is 0 Å². The maximum atomic E-state index is 13.3. The smallest absolute Gasteiger partial charge is 0.409 e. The van der Waals surface area contributed by atoms with Crippen molar-refractivity contribution in [3.8, 4) is 0 Å². The number of hydrogen-bond donors (Lipinski definition) is 3. The van der Waals surface area contributed by atoms with E-state index in [1.54, 1.807) is 16.7 Å². The van der Waals surface area contributed by atoms with Crippen LogP contribution >= 0.6 is 11.3 Å². The molecule has 2 aromatic rings. The maximum Gasteiger partial charge on any atom is 0.409 e. The fraction of sp³-hybridized carbons (Fsp3) is 0.409. The number of aryl methyl sites for hydroxylation is 2. The lowest BCUT2D eigenvalue weighted by Crippen LogP contribution is -2.50. The molecule has 0 unspecified atom stereocenters. The van der Waals surface area contributed by atoms with Gasteiger partial charge in [0.05, 0.1) is 18.0 Å². The van der Waals surface area contributed by atoms with Crippen LogP contribution in [0.3, 0.4) is 0 Å².